The van der Waals surface area contributed by atoms with E-state index < -0.39 is 46.7 Å². The molecule has 122 valence electrons. The van der Waals surface area contributed by atoms with Crippen LogP contribution in [-0.4, -0.2) is 31.6 Å². The Morgan fingerprint density at radius 2 is 1.91 bits per heavy atom. The van der Waals surface area contributed by atoms with Crippen LogP contribution >= 0.6 is 0 Å². The largest absolute Gasteiger partial charge is 0.491 e. The van der Waals surface area contributed by atoms with E-state index in [2.05, 4.69) is 10.1 Å². The molecule has 0 saturated heterocycles. The van der Waals surface area contributed by atoms with Crippen molar-refractivity contribution in [3.05, 3.63) is 29.1 Å². The van der Waals surface area contributed by atoms with Gasteiger partial charge in [0.1, 0.15) is 6.04 Å². The monoisotopic (exact) mass is 319 g/mol. The van der Waals surface area contributed by atoms with Crippen molar-refractivity contribution in [2.24, 2.45) is 0 Å². The summed E-state index contributed by atoms with van der Waals surface area (Å²) >= 11 is 0. The van der Waals surface area contributed by atoms with E-state index in [9.17, 15) is 22.8 Å². The molecule has 0 aliphatic rings. The number of carbonyl (C=O) groups is 2. The van der Waals surface area contributed by atoms with Gasteiger partial charge in [-0.2, -0.15) is 4.39 Å². The van der Waals surface area contributed by atoms with Gasteiger partial charge in [-0.05, 0) is 19.4 Å². The average molecular weight is 319 g/mol. The fraction of sp³-hybridized carbons (Fsp3) is 0.429. The molecule has 1 unspecified atom stereocenters. The van der Waals surface area contributed by atoms with E-state index in [-0.39, 0.29) is 6.61 Å². The lowest BCUT2D eigenvalue weighted by molar-refractivity contribution is -0.145. The predicted molar refractivity (Wildman–Crippen MR) is 71.0 cm³/mol. The Kier molecular flexibility index (Phi) is 6.21. The normalized spacial score (nSPS) is 11.7. The Hall–Kier alpha value is -2.25. The summed E-state index contributed by atoms with van der Waals surface area (Å²) in [5.41, 5.74) is -0.772. The molecule has 8 heteroatoms. The van der Waals surface area contributed by atoms with Gasteiger partial charge in [0.25, 0.3) is 5.91 Å². The highest BCUT2D eigenvalue weighted by Gasteiger charge is 2.25. The maximum atomic E-state index is 13.9. The molecule has 0 spiro atoms. The van der Waals surface area contributed by atoms with Gasteiger partial charge in [-0.1, -0.05) is 6.92 Å². The summed E-state index contributed by atoms with van der Waals surface area (Å²) in [4.78, 5) is 23.4. The Balaban J connectivity index is 2.95. The van der Waals surface area contributed by atoms with Crippen molar-refractivity contribution < 1.29 is 32.2 Å². The summed E-state index contributed by atoms with van der Waals surface area (Å²) in [5.74, 6) is -7.14. The number of methoxy groups -OCH3 is 1. The van der Waals surface area contributed by atoms with Crippen molar-refractivity contribution in [2.45, 2.75) is 26.3 Å². The minimum atomic E-state index is -1.54. The van der Waals surface area contributed by atoms with Crippen molar-refractivity contribution in [1.82, 2.24) is 5.32 Å². The first kappa shape index (κ1) is 17.8. The van der Waals surface area contributed by atoms with Gasteiger partial charge in [0, 0.05) is 0 Å². The smallest absolute Gasteiger partial charge is 0.328 e. The minimum absolute atomic E-state index is 0.173. The lowest BCUT2D eigenvalue weighted by Crippen LogP contribution is -2.40. The van der Waals surface area contributed by atoms with E-state index in [1.165, 1.54) is 6.92 Å². The molecule has 0 heterocycles. The zero-order valence-corrected chi connectivity index (χ0v) is 12.3. The third-order valence-corrected chi connectivity index (χ3v) is 2.71. The van der Waals surface area contributed by atoms with Crippen molar-refractivity contribution in [3.63, 3.8) is 0 Å². The van der Waals surface area contributed by atoms with Crippen molar-refractivity contribution in [3.8, 4) is 5.75 Å². The van der Waals surface area contributed by atoms with Gasteiger partial charge < -0.3 is 14.8 Å². The maximum absolute atomic E-state index is 13.9. The molecule has 1 N–H and O–H groups in total. The molecule has 1 aromatic rings. The molecule has 0 aromatic heterocycles. The van der Waals surface area contributed by atoms with E-state index in [0.29, 0.717) is 12.5 Å². The predicted octanol–water partition coefficient (Wildman–Crippen LogP) is 2.18. The van der Waals surface area contributed by atoms with Gasteiger partial charge in [-0.15, -0.1) is 0 Å². The number of hydrogen-bond donors (Lipinski definition) is 1. The quantitative estimate of drug-likeness (QED) is 0.645. The van der Waals surface area contributed by atoms with E-state index in [1.807, 2.05) is 0 Å². The average Bonchev–Trinajstić information content (AvgIpc) is 2.48. The highest BCUT2D eigenvalue weighted by Crippen LogP contribution is 2.26. The van der Waals surface area contributed by atoms with Crippen LogP contribution in [-0.2, 0) is 9.53 Å². The van der Waals surface area contributed by atoms with Gasteiger partial charge in [0.15, 0.2) is 17.4 Å². The number of nitrogens with one attached hydrogen (secondary N) is 1. The SMILES string of the molecule is CCCOC(=O)C(C)NC(=O)c1cc(F)c(F)c(OC)c1F. The molecule has 5 nitrogen and oxygen atoms in total. The first-order valence-electron chi connectivity index (χ1n) is 6.52. The van der Waals surface area contributed by atoms with Gasteiger partial charge in [0.05, 0.1) is 19.3 Å². The molecule has 1 aromatic carbocycles. The number of amides is 1. The Labute approximate surface area is 125 Å². The Morgan fingerprint density at radius 1 is 1.27 bits per heavy atom. The highest BCUT2D eigenvalue weighted by atomic mass is 19.2. The minimum Gasteiger partial charge on any atom is -0.491 e. The third-order valence-electron chi connectivity index (χ3n) is 2.71. The number of ether oxygens (including phenoxy) is 2. The molecule has 0 aliphatic carbocycles. The summed E-state index contributed by atoms with van der Waals surface area (Å²) < 4.78 is 49.7. The van der Waals surface area contributed by atoms with Crippen LogP contribution in [0.3, 0.4) is 0 Å². The van der Waals surface area contributed by atoms with Gasteiger partial charge in [-0.25, -0.2) is 13.6 Å². The number of halogens is 3. The fourth-order valence-corrected chi connectivity index (χ4v) is 1.59. The molecule has 1 atom stereocenters. The molecule has 0 saturated carbocycles. The molecule has 22 heavy (non-hydrogen) atoms. The van der Waals surface area contributed by atoms with Crippen LogP contribution in [0.1, 0.15) is 30.6 Å². The second kappa shape index (κ2) is 7.67. The molecule has 0 aliphatic heterocycles. The summed E-state index contributed by atoms with van der Waals surface area (Å²) in [5, 5.41) is 2.15. The Morgan fingerprint density at radius 3 is 2.45 bits per heavy atom. The van der Waals surface area contributed by atoms with Crippen LogP contribution in [0.2, 0.25) is 0 Å². The lowest BCUT2D eigenvalue weighted by atomic mass is 10.1. The van der Waals surface area contributed by atoms with E-state index >= 15 is 0 Å². The maximum Gasteiger partial charge on any atom is 0.328 e. The molecule has 0 radical (unpaired) electrons. The van der Waals surface area contributed by atoms with E-state index in [1.54, 1.807) is 6.92 Å². The number of rotatable bonds is 6. The summed E-state index contributed by atoms with van der Waals surface area (Å²) in [6, 6.07) is -0.676. The molecule has 0 bridgehead atoms. The topological polar surface area (TPSA) is 64.6 Å². The summed E-state index contributed by atoms with van der Waals surface area (Å²) in [6.45, 7) is 3.29. The van der Waals surface area contributed by atoms with Crippen molar-refractivity contribution >= 4 is 11.9 Å². The third kappa shape index (κ3) is 3.90. The van der Waals surface area contributed by atoms with E-state index in [4.69, 9.17) is 4.74 Å². The van der Waals surface area contributed by atoms with Gasteiger partial charge in [-0.3, -0.25) is 4.79 Å². The van der Waals surface area contributed by atoms with Crippen LogP contribution < -0.4 is 10.1 Å². The van der Waals surface area contributed by atoms with Crippen LogP contribution in [0.15, 0.2) is 6.07 Å². The zero-order chi connectivity index (χ0) is 16.9. The zero-order valence-electron chi connectivity index (χ0n) is 12.3. The van der Waals surface area contributed by atoms with Gasteiger partial charge in [0.2, 0.25) is 5.82 Å². The number of benzene rings is 1. The first-order chi connectivity index (χ1) is 10.3. The Bertz CT molecular complexity index is 578. The summed E-state index contributed by atoms with van der Waals surface area (Å²) in [7, 11) is 0.938. The first-order valence-corrected chi connectivity index (χ1v) is 6.52. The highest BCUT2D eigenvalue weighted by molar-refractivity contribution is 5.97. The molecule has 1 amide bonds. The van der Waals surface area contributed by atoms with E-state index in [0.717, 1.165) is 7.11 Å². The number of hydrogen-bond acceptors (Lipinski definition) is 4. The van der Waals surface area contributed by atoms with Crippen LogP contribution in [0, 0.1) is 17.5 Å². The summed E-state index contributed by atoms with van der Waals surface area (Å²) in [6.07, 6.45) is 0.599. The van der Waals surface area contributed by atoms with Crippen molar-refractivity contribution in [2.75, 3.05) is 13.7 Å². The molecular weight excluding hydrogens is 303 g/mol. The lowest BCUT2D eigenvalue weighted by Gasteiger charge is -2.14. The fourth-order valence-electron chi connectivity index (χ4n) is 1.59. The number of esters is 1. The van der Waals surface area contributed by atoms with Gasteiger partial charge >= 0.3 is 5.97 Å². The van der Waals surface area contributed by atoms with Crippen LogP contribution in [0.25, 0.3) is 0 Å². The molecular formula is C14H16F3NO4. The van der Waals surface area contributed by atoms with Crippen LogP contribution in [0.4, 0.5) is 13.2 Å². The standard InChI is InChI=1S/C14H16F3NO4/c1-4-5-22-14(20)7(2)18-13(19)8-6-9(15)11(17)12(21-3)10(8)16/h6-7H,4-5H2,1-3H3,(H,18,19). The molecule has 0 fully saturated rings. The molecule has 1 rings (SSSR count). The second-order valence-corrected chi connectivity index (χ2v) is 4.43. The number of carbonyl (C=O) groups excluding carboxylic acids is 2. The van der Waals surface area contributed by atoms with Crippen LogP contribution in [0.5, 0.6) is 5.75 Å². The second-order valence-electron chi connectivity index (χ2n) is 4.43. The van der Waals surface area contributed by atoms with Crippen molar-refractivity contribution in [1.29, 1.82) is 0 Å².